The van der Waals surface area contributed by atoms with E-state index in [9.17, 15) is 0 Å². The lowest BCUT2D eigenvalue weighted by molar-refractivity contribution is -0.660. The molecule has 0 bridgehead atoms. The Morgan fingerprint density at radius 3 is 2.38 bits per heavy atom. The van der Waals surface area contributed by atoms with Crippen molar-refractivity contribution in [1.82, 2.24) is 0 Å². The summed E-state index contributed by atoms with van der Waals surface area (Å²) in [5, 5.41) is 0. The Morgan fingerprint density at radius 2 is 1.62 bits per heavy atom. The number of aryl methyl sites for hydroxylation is 2. The van der Waals surface area contributed by atoms with Gasteiger partial charge < -0.3 is 4.74 Å². The molecule has 1 aliphatic heterocycles. The summed E-state index contributed by atoms with van der Waals surface area (Å²) < 4.78 is 8.87. The van der Waals surface area contributed by atoms with Gasteiger partial charge in [-0.05, 0) is 67.5 Å². The van der Waals surface area contributed by atoms with Gasteiger partial charge in [0.1, 0.15) is 18.4 Å². The first kappa shape index (κ1) is 18.4. The molecular weight excluding hydrogens is 354 g/mol. The summed E-state index contributed by atoms with van der Waals surface area (Å²) in [6, 6.07) is 20.0. The van der Waals surface area contributed by atoms with Crippen molar-refractivity contribution in [2.24, 2.45) is 7.05 Å². The van der Waals surface area contributed by atoms with Crippen LogP contribution in [0.4, 0.5) is 0 Å². The number of nitrogens with zero attached hydrogens (tertiary/aromatic N) is 1. The van der Waals surface area contributed by atoms with Crippen LogP contribution in [-0.2, 0) is 12.5 Å². The van der Waals surface area contributed by atoms with Crippen LogP contribution in [0.1, 0.15) is 50.7 Å². The summed E-state index contributed by atoms with van der Waals surface area (Å²) in [6.45, 7) is 6.91. The van der Waals surface area contributed by atoms with E-state index in [1.807, 2.05) is 0 Å². The highest BCUT2D eigenvalue weighted by Gasteiger charge is 2.55. The van der Waals surface area contributed by atoms with Gasteiger partial charge in [-0.15, -0.1) is 0 Å². The SMILES string of the molecule is Cc1ccc(-c2ccc3c(c2)OC2(CCCC2)C3(C)C)cc1-c1cccc[n+]1C. The van der Waals surface area contributed by atoms with Crippen LogP contribution in [0.15, 0.2) is 60.8 Å². The molecule has 0 atom stereocenters. The topological polar surface area (TPSA) is 13.1 Å². The number of hydrogen-bond acceptors (Lipinski definition) is 1. The van der Waals surface area contributed by atoms with E-state index in [0.29, 0.717) is 0 Å². The van der Waals surface area contributed by atoms with Crippen molar-refractivity contribution in [3.63, 3.8) is 0 Å². The van der Waals surface area contributed by atoms with Gasteiger partial charge in [-0.3, -0.25) is 0 Å². The number of pyridine rings is 1. The molecule has 29 heavy (non-hydrogen) atoms. The van der Waals surface area contributed by atoms with E-state index < -0.39 is 0 Å². The van der Waals surface area contributed by atoms with E-state index in [-0.39, 0.29) is 11.0 Å². The number of hydrogen-bond donors (Lipinski definition) is 0. The first-order valence-corrected chi connectivity index (χ1v) is 10.8. The minimum Gasteiger partial charge on any atom is -0.486 e. The lowest BCUT2D eigenvalue weighted by Crippen LogP contribution is -2.45. The summed E-state index contributed by atoms with van der Waals surface area (Å²) in [4.78, 5) is 0. The number of fused-ring (bicyclic) bond motifs is 1. The molecule has 2 aromatic carbocycles. The Kier molecular flexibility index (Phi) is 4.10. The molecule has 1 aliphatic carbocycles. The Hall–Kier alpha value is -2.61. The van der Waals surface area contributed by atoms with Gasteiger partial charge in [-0.2, -0.15) is 0 Å². The molecule has 0 N–H and O–H groups in total. The average Bonchev–Trinajstić information content (AvgIpc) is 3.26. The number of benzene rings is 2. The molecule has 0 amide bonds. The molecule has 2 heteroatoms. The number of rotatable bonds is 2. The lowest BCUT2D eigenvalue weighted by Gasteiger charge is -2.36. The largest absolute Gasteiger partial charge is 0.486 e. The molecule has 0 unspecified atom stereocenters. The lowest BCUT2D eigenvalue weighted by atomic mass is 9.71. The smallest absolute Gasteiger partial charge is 0.212 e. The molecule has 1 fully saturated rings. The van der Waals surface area contributed by atoms with Crippen LogP contribution in [0.2, 0.25) is 0 Å². The average molecular weight is 385 g/mol. The maximum Gasteiger partial charge on any atom is 0.212 e. The van der Waals surface area contributed by atoms with Gasteiger partial charge >= 0.3 is 0 Å². The van der Waals surface area contributed by atoms with Gasteiger partial charge in [0, 0.05) is 28.7 Å². The highest BCUT2D eigenvalue weighted by molar-refractivity contribution is 5.74. The molecule has 1 aromatic heterocycles. The van der Waals surface area contributed by atoms with Crippen molar-refractivity contribution in [2.45, 2.75) is 57.5 Å². The Labute approximate surface area is 174 Å². The van der Waals surface area contributed by atoms with Crippen molar-refractivity contribution in [1.29, 1.82) is 0 Å². The predicted octanol–water partition coefficient (Wildman–Crippen LogP) is 6.14. The highest BCUT2D eigenvalue weighted by atomic mass is 16.5. The third kappa shape index (κ3) is 2.73. The second-order valence-corrected chi connectivity index (χ2v) is 9.37. The quantitative estimate of drug-likeness (QED) is 0.484. The van der Waals surface area contributed by atoms with E-state index in [0.717, 1.165) is 5.75 Å². The van der Waals surface area contributed by atoms with Crippen molar-refractivity contribution in [3.05, 3.63) is 71.9 Å². The molecular formula is C27H30NO+. The Morgan fingerprint density at radius 1 is 0.897 bits per heavy atom. The Balaban J connectivity index is 1.58. The van der Waals surface area contributed by atoms with E-state index >= 15 is 0 Å². The highest BCUT2D eigenvalue weighted by Crippen LogP contribution is 2.56. The third-order valence-corrected chi connectivity index (χ3v) is 7.41. The van der Waals surface area contributed by atoms with Gasteiger partial charge in [-0.25, -0.2) is 4.57 Å². The molecule has 2 aliphatic rings. The zero-order chi connectivity index (χ0) is 20.2. The molecule has 0 radical (unpaired) electrons. The van der Waals surface area contributed by atoms with Crippen LogP contribution in [-0.4, -0.2) is 5.60 Å². The summed E-state index contributed by atoms with van der Waals surface area (Å²) in [5.41, 5.74) is 7.71. The van der Waals surface area contributed by atoms with Gasteiger partial charge in [0.25, 0.3) is 0 Å². The molecule has 5 rings (SSSR count). The summed E-state index contributed by atoms with van der Waals surface area (Å²) in [7, 11) is 2.10. The summed E-state index contributed by atoms with van der Waals surface area (Å²) in [5.74, 6) is 1.08. The normalized spacial score (nSPS) is 18.6. The maximum atomic E-state index is 6.69. The minimum atomic E-state index is -0.00974. The molecule has 1 spiro atoms. The van der Waals surface area contributed by atoms with E-state index in [4.69, 9.17) is 4.74 Å². The van der Waals surface area contributed by atoms with Gasteiger partial charge in [0.2, 0.25) is 5.69 Å². The first-order chi connectivity index (χ1) is 13.9. The molecule has 2 nitrogen and oxygen atoms in total. The van der Waals surface area contributed by atoms with Crippen LogP contribution < -0.4 is 9.30 Å². The van der Waals surface area contributed by atoms with Crippen molar-refractivity contribution >= 4 is 0 Å². The fourth-order valence-electron chi connectivity index (χ4n) is 5.44. The van der Waals surface area contributed by atoms with Crippen molar-refractivity contribution < 1.29 is 9.30 Å². The van der Waals surface area contributed by atoms with Crippen LogP contribution in [0.25, 0.3) is 22.4 Å². The van der Waals surface area contributed by atoms with E-state index in [1.54, 1.807) is 0 Å². The van der Waals surface area contributed by atoms with Crippen molar-refractivity contribution in [3.8, 4) is 28.1 Å². The van der Waals surface area contributed by atoms with Gasteiger partial charge in [-0.1, -0.05) is 38.1 Å². The fraction of sp³-hybridized carbons (Fsp3) is 0.370. The third-order valence-electron chi connectivity index (χ3n) is 7.41. The van der Waals surface area contributed by atoms with E-state index in [2.05, 4.69) is 93.2 Å². The number of ether oxygens (including phenoxy) is 1. The monoisotopic (exact) mass is 384 g/mol. The molecule has 3 aromatic rings. The summed E-state index contributed by atoms with van der Waals surface area (Å²) >= 11 is 0. The molecule has 2 heterocycles. The zero-order valence-electron chi connectivity index (χ0n) is 18.0. The van der Waals surface area contributed by atoms with Gasteiger partial charge in [0.15, 0.2) is 6.20 Å². The van der Waals surface area contributed by atoms with E-state index in [1.165, 1.54) is 59.2 Å². The molecule has 148 valence electrons. The van der Waals surface area contributed by atoms with Gasteiger partial charge in [0.05, 0.1) is 0 Å². The van der Waals surface area contributed by atoms with Crippen molar-refractivity contribution in [2.75, 3.05) is 0 Å². The Bertz CT molecular complexity index is 1090. The summed E-state index contributed by atoms with van der Waals surface area (Å²) in [6.07, 6.45) is 7.00. The number of aromatic nitrogens is 1. The van der Waals surface area contributed by atoms with Crippen LogP contribution in [0.5, 0.6) is 5.75 Å². The standard InChI is InChI=1S/C27H30NO/c1-19-10-11-20(17-22(19)24-9-5-8-16-28(24)4)21-12-13-23-25(18-21)29-27(26(23,2)3)14-6-7-15-27/h5,8-13,16-18H,6-7,14-15H2,1-4H3/q+1. The first-order valence-electron chi connectivity index (χ1n) is 10.8. The zero-order valence-corrected chi connectivity index (χ0v) is 18.0. The molecule has 1 saturated carbocycles. The fourth-order valence-corrected chi connectivity index (χ4v) is 5.44. The maximum absolute atomic E-state index is 6.69. The second-order valence-electron chi connectivity index (χ2n) is 9.37. The van der Waals surface area contributed by atoms with Crippen LogP contribution >= 0.6 is 0 Å². The van der Waals surface area contributed by atoms with Crippen LogP contribution in [0.3, 0.4) is 0 Å². The minimum absolute atomic E-state index is 0.00974. The van der Waals surface area contributed by atoms with Crippen LogP contribution in [0, 0.1) is 6.92 Å². The predicted molar refractivity (Wildman–Crippen MR) is 118 cm³/mol. The second kappa shape index (κ2) is 6.45. The molecule has 0 saturated heterocycles.